The summed E-state index contributed by atoms with van der Waals surface area (Å²) in [5, 5.41) is 8.88. The van der Waals surface area contributed by atoms with Gasteiger partial charge in [-0.15, -0.1) is 0 Å². The first kappa shape index (κ1) is 13.4. The van der Waals surface area contributed by atoms with Gasteiger partial charge in [-0.25, -0.2) is 0 Å². The molecule has 1 N–H and O–H groups in total. The number of carboxylic acid groups (broad SMARTS) is 1. The zero-order chi connectivity index (χ0) is 14.2. The topological polar surface area (TPSA) is 72.8 Å². The standard InChI is InChI=1S/C14H16O5/c1-7-11(18-2)5-4-8(13(7)19-3)12(15)9-6-10(9)14(16)17/h4-5,9-10H,6H2,1-3H3,(H,16,17). The van der Waals surface area contributed by atoms with Gasteiger partial charge in [0.15, 0.2) is 5.78 Å². The molecule has 5 heteroatoms. The molecule has 0 aromatic heterocycles. The average Bonchev–Trinajstić information content (AvgIpc) is 3.17. The molecule has 1 aliphatic rings. The van der Waals surface area contributed by atoms with Crippen LogP contribution in [0, 0.1) is 18.8 Å². The highest BCUT2D eigenvalue weighted by molar-refractivity contribution is 6.05. The van der Waals surface area contributed by atoms with Gasteiger partial charge in [-0.2, -0.15) is 0 Å². The van der Waals surface area contributed by atoms with Gasteiger partial charge in [0.05, 0.1) is 25.7 Å². The van der Waals surface area contributed by atoms with Crippen LogP contribution >= 0.6 is 0 Å². The number of hydrogen-bond donors (Lipinski definition) is 1. The van der Waals surface area contributed by atoms with Gasteiger partial charge in [-0.1, -0.05) is 0 Å². The number of carbonyl (C=O) groups is 2. The first-order chi connectivity index (χ1) is 9.01. The van der Waals surface area contributed by atoms with Crippen LogP contribution in [0.5, 0.6) is 11.5 Å². The van der Waals surface area contributed by atoms with Crippen LogP contribution in [0.4, 0.5) is 0 Å². The monoisotopic (exact) mass is 264 g/mol. The molecule has 1 saturated carbocycles. The Morgan fingerprint density at radius 2 is 1.89 bits per heavy atom. The van der Waals surface area contributed by atoms with Gasteiger partial charge in [0, 0.05) is 11.5 Å². The van der Waals surface area contributed by atoms with Gasteiger partial charge in [-0.05, 0) is 25.5 Å². The van der Waals surface area contributed by atoms with E-state index in [-0.39, 0.29) is 5.78 Å². The molecule has 2 atom stereocenters. The highest BCUT2D eigenvalue weighted by Crippen LogP contribution is 2.43. The summed E-state index contributed by atoms with van der Waals surface area (Å²) in [6.07, 6.45) is 0.405. The third-order valence-electron chi connectivity index (χ3n) is 3.49. The quantitative estimate of drug-likeness (QED) is 0.822. The molecular weight excluding hydrogens is 248 g/mol. The van der Waals surface area contributed by atoms with Crippen LogP contribution in [0.25, 0.3) is 0 Å². The van der Waals surface area contributed by atoms with Crippen molar-refractivity contribution in [1.29, 1.82) is 0 Å². The van der Waals surface area contributed by atoms with Gasteiger partial charge in [-0.3, -0.25) is 9.59 Å². The number of carbonyl (C=O) groups excluding carboxylic acids is 1. The molecule has 0 amide bonds. The van der Waals surface area contributed by atoms with E-state index in [1.54, 1.807) is 26.2 Å². The van der Waals surface area contributed by atoms with E-state index < -0.39 is 17.8 Å². The van der Waals surface area contributed by atoms with Crippen molar-refractivity contribution in [3.63, 3.8) is 0 Å². The summed E-state index contributed by atoms with van der Waals surface area (Å²) in [5.74, 6) is -0.976. The summed E-state index contributed by atoms with van der Waals surface area (Å²) in [6.45, 7) is 1.80. The fourth-order valence-electron chi connectivity index (χ4n) is 2.31. The average molecular weight is 264 g/mol. The maximum Gasteiger partial charge on any atom is 0.307 e. The molecule has 0 heterocycles. The predicted molar refractivity (Wildman–Crippen MR) is 67.8 cm³/mol. The van der Waals surface area contributed by atoms with E-state index in [2.05, 4.69) is 0 Å². The molecule has 0 bridgehead atoms. The predicted octanol–water partition coefficient (Wildman–Crippen LogP) is 1.92. The van der Waals surface area contributed by atoms with Crippen LogP contribution in [-0.4, -0.2) is 31.1 Å². The van der Waals surface area contributed by atoms with E-state index in [9.17, 15) is 9.59 Å². The Hall–Kier alpha value is -2.04. The third-order valence-corrected chi connectivity index (χ3v) is 3.49. The lowest BCUT2D eigenvalue weighted by molar-refractivity contribution is -0.138. The van der Waals surface area contributed by atoms with Crippen molar-refractivity contribution in [2.24, 2.45) is 11.8 Å². The lowest BCUT2D eigenvalue weighted by Crippen LogP contribution is -2.10. The van der Waals surface area contributed by atoms with Crippen LogP contribution in [0.1, 0.15) is 22.3 Å². The molecule has 0 saturated heterocycles. The van der Waals surface area contributed by atoms with Crippen molar-refractivity contribution < 1.29 is 24.2 Å². The summed E-state index contributed by atoms with van der Waals surface area (Å²) in [4.78, 5) is 23.1. The number of Topliss-reactive ketones (excluding diaryl/α,β-unsaturated/α-hetero) is 1. The molecular formula is C14H16O5. The van der Waals surface area contributed by atoms with Crippen LogP contribution in [0.2, 0.25) is 0 Å². The minimum Gasteiger partial charge on any atom is -0.496 e. The van der Waals surface area contributed by atoms with Crippen molar-refractivity contribution in [3.05, 3.63) is 23.3 Å². The number of methoxy groups -OCH3 is 2. The minimum absolute atomic E-state index is 0.171. The van der Waals surface area contributed by atoms with Crippen LogP contribution < -0.4 is 9.47 Å². The Morgan fingerprint density at radius 1 is 1.21 bits per heavy atom. The van der Waals surface area contributed by atoms with Gasteiger partial charge in [0.2, 0.25) is 0 Å². The normalized spacial score (nSPS) is 20.8. The Labute approximate surface area is 111 Å². The van der Waals surface area contributed by atoms with E-state index >= 15 is 0 Å². The number of ketones is 1. The summed E-state index contributed by atoms with van der Waals surface area (Å²) in [7, 11) is 3.03. The van der Waals surface area contributed by atoms with Crippen molar-refractivity contribution in [1.82, 2.24) is 0 Å². The second-order valence-electron chi connectivity index (χ2n) is 4.62. The Bertz CT molecular complexity index is 535. The van der Waals surface area contributed by atoms with Crippen LogP contribution in [-0.2, 0) is 4.79 Å². The lowest BCUT2D eigenvalue weighted by atomic mass is 10.0. The Morgan fingerprint density at radius 3 is 2.37 bits per heavy atom. The van der Waals surface area contributed by atoms with E-state index in [0.717, 1.165) is 5.56 Å². The lowest BCUT2D eigenvalue weighted by Gasteiger charge is -2.13. The highest BCUT2D eigenvalue weighted by Gasteiger charge is 2.49. The number of hydrogen-bond acceptors (Lipinski definition) is 4. The molecule has 0 aliphatic heterocycles. The number of benzene rings is 1. The molecule has 1 aromatic carbocycles. The third kappa shape index (κ3) is 2.28. The SMILES string of the molecule is COc1ccc(C(=O)C2CC2C(=O)O)c(OC)c1C. The fourth-order valence-corrected chi connectivity index (χ4v) is 2.31. The molecule has 1 fully saturated rings. The second kappa shape index (κ2) is 4.91. The molecule has 1 aliphatic carbocycles. The van der Waals surface area contributed by atoms with E-state index in [0.29, 0.717) is 23.5 Å². The largest absolute Gasteiger partial charge is 0.496 e. The van der Waals surface area contributed by atoms with Crippen LogP contribution in [0.15, 0.2) is 12.1 Å². The van der Waals surface area contributed by atoms with Crippen LogP contribution in [0.3, 0.4) is 0 Å². The summed E-state index contributed by atoms with van der Waals surface area (Å²) >= 11 is 0. The summed E-state index contributed by atoms with van der Waals surface area (Å²) in [6, 6.07) is 3.33. The maximum atomic E-state index is 12.3. The molecule has 19 heavy (non-hydrogen) atoms. The van der Waals surface area contributed by atoms with E-state index in [1.165, 1.54) is 7.11 Å². The molecule has 1 aromatic rings. The number of rotatable bonds is 5. The summed E-state index contributed by atoms with van der Waals surface area (Å²) in [5.41, 5.74) is 1.16. The number of carboxylic acids is 1. The second-order valence-corrected chi connectivity index (χ2v) is 4.62. The molecule has 102 valence electrons. The van der Waals surface area contributed by atoms with Crippen molar-refractivity contribution in [2.75, 3.05) is 14.2 Å². The van der Waals surface area contributed by atoms with Crippen molar-refractivity contribution >= 4 is 11.8 Å². The molecule has 0 radical (unpaired) electrons. The van der Waals surface area contributed by atoms with Gasteiger partial charge >= 0.3 is 5.97 Å². The first-order valence-electron chi connectivity index (χ1n) is 5.99. The van der Waals surface area contributed by atoms with Gasteiger partial charge in [0.1, 0.15) is 11.5 Å². The Kier molecular flexibility index (Phi) is 3.46. The minimum atomic E-state index is -0.914. The molecule has 2 rings (SSSR count). The van der Waals surface area contributed by atoms with Gasteiger partial charge < -0.3 is 14.6 Å². The molecule has 2 unspecified atom stereocenters. The molecule has 0 spiro atoms. The van der Waals surface area contributed by atoms with E-state index in [1.807, 2.05) is 0 Å². The summed E-state index contributed by atoms with van der Waals surface area (Å²) < 4.78 is 10.4. The molecule has 5 nitrogen and oxygen atoms in total. The van der Waals surface area contributed by atoms with Crippen molar-refractivity contribution in [3.8, 4) is 11.5 Å². The highest BCUT2D eigenvalue weighted by atomic mass is 16.5. The fraction of sp³-hybridized carbons (Fsp3) is 0.429. The maximum absolute atomic E-state index is 12.3. The smallest absolute Gasteiger partial charge is 0.307 e. The number of ether oxygens (including phenoxy) is 2. The number of aliphatic carboxylic acids is 1. The Balaban J connectivity index is 2.33. The van der Waals surface area contributed by atoms with Crippen molar-refractivity contribution in [2.45, 2.75) is 13.3 Å². The zero-order valence-corrected chi connectivity index (χ0v) is 11.1. The first-order valence-corrected chi connectivity index (χ1v) is 5.99. The van der Waals surface area contributed by atoms with Gasteiger partial charge in [0.25, 0.3) is 0 Å². The van der Waals surface area contributed by atoms with E-state index in [4.69, 9.17) is 14.6 Å². The zero-order valence-electron chi connectivity index (χ0n) is 11.1.